The van der Waals surface area contributed by atoms with E-state index in [2.05, 4.69) is 10.3 Å². The van der Waals surface area contributed by atoms with Crippen molar-refractivity contribution in [2.45, 2.75) is 68.6 Å². The maximum Gasteiger partial charge on any atom is 0.188 e. The minimum absolute atomic E-state index is 0. The van der Waals surface area contributed by atoms with E-state index >= 15 is 0 Å². The predicted octanol–water partition coefficient (Wildman–Crippen LogP) is 2.20. The molecular weight excluding hydrogens is 401 g/mol. The van der Waals surface area contributed by atoms with Crippen LogP contribution < -0.4 is 11.1 Å². The van der Waals surface area contributed by atoms with Gasteiger partial charge in [-0.2, -0.15) is 0 Å². The largest absolute Gasteiger partial charge is 0.370 e. The molecule has 0 aromatic heterocycles. The van der Waals surface area contributed by atoms with Crippen LogP contribution in [0.5, 0.6) is 0 Å². The van der Waals surface area contributed by atoms with Gasteiger partial charge in [-0.15, -0.1) is 24.0 Å². The molecule has 0 atom stereocenters. The zero-order valence-corrected chi connectivity index (χ0v) is 16.0. The molecule has 2 rings (SSSR count). The monoisotopic (exact) mass is 429 g/mol. The highest BCUT2D eigenvalue weighted by Crippen LogP contribution is 2.36. The summed E-state index contributed by atoms with van der Waals surface area (Å²) < 4.78 is 23.4. The third-order valence-corrected chi connectivity index (χ3v) is 6.91. The van der Waals surface area contributed by atoms with E-state index in [1.165, 1.54) is 25.5 Å². The third-order valence-electron chi connectivity index (χ3n) is 4.80. The maximum absolute atomic E-state index is 12.0. The second-order valence-corrected chi connectivity index (χ2v) is 8.75. The first-order valence-corrected chi connectivity index (χ1v) is 9.58. The first-order chi connectivity index (χ1) is 9.43. The van der Waals surface area contributed by atoms with Crippen LogP contribution in [0.2, 0.25) is 0 Å². The van der Waals surface area contributed by atoms with Gasteiger partial charge in [-0.1, -0.05) is 32.1 Å². The minimum Gasteiger partial charge on any atom is -0.370 e. The van der Waals surface area contributed by atoms with Gasteiger partial charge in [0.1, 0.15) is 0 Å². The summed E-state index contributed by atoms with van der Waals surface area (Å²) in [7, 11) is -3.08. The van der Waals surface area contributed by atoms with Crippen molar-refractivity contribution in [3.63, 3.8) is 0 Å². The van der Waals surface area contributed by atoms with Crippen molar-refractivity contribution in [2.75, 3.05) is 12.8 Å². The first kappa shape index (κ1) is 19.0. The van der Waals surface area contributed by atoms with Crippen molar-refractivity contribution in [2.24, 2.45) is 10.7 Å². The molecule has 0 radical (unpaired) electrons. The molecule has 2 saturated carbocycles. The third kappa shape index (κ3) is 4.97. The number of nitrogens with one attached hydrogen (secondary N) is 1. The highest BCUT2D eigenvalue weighted by Gasteiger charge is 2.43. The van der Waals surface area contributed by atoms with E-state index in [-0.39, 0.29) is 24.0 Å². The Morgan fingerprint density at radius 1 is 1.19 bits per heavy atom. The molecule has 3 N–H and O–H groups in total. The van der Waals surface area contributed by atoms with Crippen LogP contribution in [0.3, 0.4) is 0 Å². The van der Waals surface area contributed by atoms with Gasteiger partial charge in [0.15, 0.2) is 15.8 Å². The average Bonchev–Trinajstić information content (AvgIpc) is 2.87. The number of sulfone groups is 1. The average molecular weight is 429 g/mol. The van der Waals surface area contributed by atoms with Crippen molar-refractivity contribution in [3.8, 4) is 0 Å². The molecule has 2 aliphatic carbocycles. The van der Waals surface area contributed by atoms with Crippen molar-refractivity contribution in [1.29, 1.82) is 0 Å². The Hall–Kier alpha value is -0.0500. The molecule has 0 saturated heterocycles. The van der Waals surface area contributed by atoms with E-state index in [1.54, 1.807) is 0 Å². The van der Waals surface area contributed by atoms with Gasteiger partial charge < -0.3 is 11.1 Å². The molecule has 21 heavy (non-hydrogen) atoms. The fourth-order valence-electron chi connectivity index (χ4n) is 3.40. The molecular formula is C14H28IN3O2S. The van der Waals surface area contributed by atoms with Gasteiger partial charge in [-0.25, -0.2) is 8.42 Å². The number of rotatable bonds is 4. The summed E-state index contributed by atoms with van der Waals surface area (Å²) in [6, 6.07) is 0.408. The predicted molar refractivity (Wildman–Crippen MR) is 98.0 cm³/mol. The number of guanidine groups is 1. The summed E-state index contributed by atoms with van der Waals surface area (Å²) in [5, 5.41) is 3.24. The second-order valence-electron chi connectivity index (χ2n) is 6.34. The Morgan fingerprint density at radius 3 is 2.29 bits per heavy atom. The molecule has 124 valence electrons. The van der Waals surface area contributed by atoms with Crippen LogP contribution in [-0.2, 0) is 9.84 Å². The van der Waals surface area contributed by atoms with Crippen molar-refractivity contribution in [1.82, 2.24) is 5.32 Å². The number of hydrogen-bond donors (Lipinski definition) is 2. The van der Waals surface area contributed by atoms with Gasteiger partial charge in [-0.3, -0.25) is 4.99 Å². The molecule has 0 amide bonds. The van der Waals surface area contributed by atoms with Crippen molar-refractivity contribution < 1.29 is 8.42 Å². The topological polar surface area (TPSA) is 84.5 Å². The molecule has 2 fully saturated rings. The summed E-state index contributed by atoms with van der Waals surface area (Å²) in [6.45, 7) is 0.303. The van der Waals surface area contributed by atoms with Gasteiger partial charge >= 0.3 is 0 Å². The van der Waals surface area contributed by atoms with Gasteiger partial charge in [0, 0.05) is 12.3 Å². The van der Waals surface area contributed by atoms with Crippen LogP contribution in [0.4, 0.5) is 0 Å². The van der Waals surface area contributed by atoms with E-state index in [0.29, 0.717) is 31.4 Å². The molecule has 0 unspecified atom stereocenters. The molecule has 0 aliphatic heterocycles. The maximum atomic E-state index is 12.0. The van der Waals surface area contributed by atoms with Crippen LogP contribution in [0.25, 0.3) is 0 Å². The second kappa shape index (κ2) is 7.99. The van der Waals surface area contributed by atoms with Crippen LogP contribution in [-0.4, -0.2) is 38.0 Å². The molecule has 0 heterocycles. The number of nitrogens with zero attached hydrogens (tertiary/aromatic N) is 1. The number of halogens is 1. The molecule has 0 aromatic rings. The SMILES string of the molecule is CS(=O)(=O)C1(CN=C(N)NC2CCCCC2)CCCC1.I. The lowest BCUT2D eigenvalue weighted by molar-refractivity contribution is 0.412. The normalized spacial score (nSPS) is 23.6. The van der Waals surface area contributed by atoms with E-state index in [1.807, 2.05) is 0 Å². The van der Waals surface area contributed by atoms with E-state index < -0.39 is 14.6 Å². The van der Waals surface area contributed by atoms with E-state index in [4.69, 9.17) is 5.73 Å². The Kier molecular flexibility index (Phi) is 7.23. The lowest BCUT2D eigenvalue weighted by Crippen LogP contribution is -2.43. The van der Waals surface area contributed by atoms with Crippen molar-refractivity contribution in [3.05, 3.63) is 0 Å². The fourth-order valence-corrected chi connectivity index (χ4v) is 4.73. The van der Waals surface area contributed by atoms with E-state index in [0.717, 1.165) is 25.7 Å². The highest BCUT2D eigenvalue weighted by atomic mass is 127. The van der Waals surface area contributed by atoms with E-state index in [9.17, 15) is 8.42 Å². The Morgan fingerprint density at radius 2 is 1.76 bits per heavy atom. The van der Waals surface area contributed by atoms with Gasteiger partial charge in [0.05, 0.1) is 11.3 Å². The Balaban J connectivity index is 0.00000220. The lowest BCUT2D eigenvalue weighted by Gasteiger charge is -2.26. The quantitative estimate of drug-likeness (QED) is 0.408. The first-order valence-electron chi connectivity index (χ1n) is 7.69. The zero-order valence-electron chi connectivity index (χ0n) is 12.8. The van der Waals surface area contributed by atoms with Crippen LogP contribution in [0, 0.1) is 0 Å². The Bertz CT molecular complexity index is 453. The van der Waals surface area contributed by atoms with Gasteiger partial charge in [0.25, 0.3) is 0 Å². The molecule has 7 heteroatoms. The molecule has 0 aromatic carbocycles. The molecule has 0 bridgehead atoms. The summed E-state index contributed by atoms with van der Waals surface area (Å²) in [6.07, 6.45) is 10.7. The standard InChI is InChI=1S/C14H27N3O2S.HI/c1-20(18,19)14(9-5-6-10-14)11-16-13(15)17-12-7-3-2-4-8-12;/h12H,2-11H2,1H3,(H3,15,16,17);1H. The van der Waals surface area contributed by atoms with Gasteiger partial charge in [-0.05, 0) is 25.7 Å². The van der Waals surface area contributed by atoms with Gasteiger partial charge in [0.2, 0.25) is 0 Å². The highest BCUT2D eigenvalue weighted by molar-refractivity contribution is 14.0. The van der Waals surface area contributed by atoms with Crippen LogP contribution in [0.15, 0.2) is 4.99 Å². The summed E-state index contributed by atoms with van der Waals surface area (Å²) in [5.41, 5.74) is 5.93. The summed E-state index contributed by atoms with van der Waals surface area (Å²) in [4.78, 5) is 4.34. The van der Waals surface area contributed by atoms with Crippen LogP contribution in [0.1, 0.15) is 57.8 Å². The minimum atomic E-state index is -3.08. The number of aliphatic imine (C=N–C) groups is 1. The molecule has 0 spiro atoms. The van der Waals surface area contributed by atoms with Crippen LogP contribution >= 0.6 is 24.0 Å². The Labute approximate surface area is 145 Å². The number of nitrogens with two attached hydrogens (primary N) is 1. The summed E-state index contributed by atoms with van der Waals surface area (Å²) in [5.74, 6) is 0.409. The van der Waals surface area contributed by atoms with Crippen molar-refractivity contribution >= 4 is 39.8 Å². The molecule has 5 nitrogen and oxygen atoms in total. The number of hydrogen-bond acceptors (Lipinski definition) is 3. The fraction of sp³-hybridized carbons (Fsp3) is 0.929. The molecule has 2 aliphatic rings. The zero-order chi connectivity index (χ0) is 14.6. The summed E-state index contributed by atoms with van der Waals surface area (Å²) >= 11 is 0. The smallest absolute Gasteiger partial charge is 0.188 e. The lowest BCUT2D eigenvalue weighted by atomic mass is 9.96.